The van der Waals surface area contributed by atoms with E-state index in [4.69, 9.17) is 11.6 Å². The molecular formula is C31H26ClN3O3S. The molecule has 6 nitrogen and oxygen atoms in total. The fourth-order valence-electron chi connectivity index (χ4n) is 4.56. The molecule has 0 radical (unpaired) electrons. The van der Waals surface area contributed by atoms with E-state index in [0.29, 0.717) is 16.3 Å². The van der Waals surface area contributed by atoms with Crippen LogP contribution in [0.15, 0.2) is 107 Å². The van der Waals surface area contributed by atoms with Gasteiger partial charge in [-0.05, 0) is 77.4 Å². The third-order valence-corrected chi connectivity index (χ3v) is 8.53. The summed E-state index contributed by atoms with van der Waals surface area (Å²) in [5.74, 6) is -0.583. The van der Waals surface area contributed by atoms with Crippen molar-refractivity contribution in [3.05, 3.63) is 119 Å². The van der Waals surface area contributed by atoms with Gasteiger partial charge in [-0.15, -0.1) is 0 Å². The van der Waals surface area contributed by atoms with Crippen molar-refractivity contribution in [3.63, 3.8) is 0 Å². The van der Waals surface area contributed by atoms with E-state index in [1.165, 1.54) is 12.1 Å². The number of nitrogens with zero attached hydrogens (tertiary/aromatic N) is 2. The number of carbonyl (C=O) groups excluding carboxylic acids is 1. The van der Waals surface area contributed by atoms with Crippen LogP contribution in [-0.2, 0) is 14.8 Å². The van der Waals surface area contributed by atoms with Crippen molar-refractivity contribution >= 4 is 61.0 Å². The fraction of sp³-hybridized carbons (Fsp3) is 0.0968. The van der Waals surface area contributed by atoms with Gasteiger partial charge in [0, 0.05) is 10.6 Å². The molecule has 0 heterocycles. The monoisotopic (exact) mass is 555 g/mol. The highest BCUT2D eigenvalue weighted by Gasteiger charge is 2.28. The average molecular weight is 556 g/mol. The van der Waals surface area contributed by atoms with Crippen molar-refractivity contribution in [3.8, 4) is 0 Å². The number of carbonyl (C=O) groups is 1. The van der Waals surface area contributed by atoms with Gasteiger partial charge in [0.25, 0.3) is 15.9 Å². The highest BCUT2D eigenvalue weighted by Crippen LogP contribution is 2.29. The van der Waals surface area contributed by atoms with Gasteiger partial charge in [-0.25, -0.2) is 13.8 Å². The number of rotatable bonds is 7. The van der Waals surface area contributed by atoms with Crippen LogP contribution in [0.25, 0.3) is 21.5 Å². The normalized spacial score (nSPS) is 11.8. The van der Waals surface area contributed by atoms with Gasteiger partial charge in [0.1, 0.15) is 6.54 Å². The van der Waals surface area contributed by atoms with Crippen molar-refractivity contribution in [2.24, 2.45) is 5.10 Å². The summed E-state index contributed by atoms with van der Waals surface area (Å²) in [4.78, 5) is 13.2. The number of benzene rings is 5. The molecule has 8 heteroatoms. The maximum atomic E-state index is 13.7. The smallest absolute Gasteiger partial charge is 0.264 e. The maximum absolute atomic E-state index is 13.7. The van der Waals surface area contributed by atoms with Gasteiger partial charge in [0.05, 0.1) is 16.8 Å². The third-order valence-electron chi connectivity index (χ3n) is 6.52. The molecule has 5 aromatic carbocycles. The van der Waals surface area contributed by atoms with Crippen molar-refractivity contribution in [1.29, 1.82) is 0 Å². The molecule has 0 aliphatic carbocycles. The molecule has 1 N–H and O–H groups in total. The van der Waals surface area contributed by atoms with Crippen LogP contribution in [-0.4, -0.2) is 27.1 Å². The maximum Gasteiger partial charge on any atom is 0.264 e. The number of anilines is 1. The lowest BCUT2D eigenvalue weighted by atomic mass is 9.97. The summed E-state index contributed by atoms with van der Waals surface area (Å²) < 4.78 is 28.4. The van der Waals surface area contributed by atoms with E-state index in [0.717, 1.165) is 37.0 Å². The van der Waals surface area contributed by atoms with Crippen molar-refractivity contribution in [2.45, 2.75) is 18.7 Å². The van der Waals surface area contributed by atoms with Crippen molar-refractivity contribution in [2.75, 3.05) is 10.8 Å². The van der Waals surface area contributed by atoms with Crippen molar-refractivity contribution < 1.29 is 13.2 Å². The van der Waals surface area contributed by atoms with E-state index < -0.39 is 22.5 Å². The van der Waals surface area contributed by atoms with E-state index in [-0.39, 0.29) is 4.90 Å². The van der Waals surface area contributed by atoms with Crippen LogP contribution in [0.1, 0.15) is 16.7 Å². The molecule has 0 fully saturated rings. The largest absolute Gasteiger partial charge is 0.271 e. The second-order valence-corrected chi connectivity index (χ2v) is 11.6. The Morgan fingerprint density at radius 1 is 0.872 bits per heavy atom. The van der Waals surface area contributed by atoms with Gasteiger partial charge in [-0.2, -0.15) is 5.10 Å². The van der Waals surface area contributed by atoms with E-state index in [2.05, 4.69) is 16.6 Å². The molecule has 1 amide bonds. The topological polar surface area (TPSA) is 78.8 Å². The summed E-state index contributed by atoms with van der Waals surface area (Å²) in [6.45, 7) is 3.16. The second-order valence-electron chi connectivity index (χ2n) is 9.28. The molecular weight excluding hydrogens is 530 g/mol. The van der Waals surface area contributed by atoms with Crippen LogP contribution in [0, 0.1) is 13.8 Å². The highest BCUT2D eigenvalue weighted by atomic mass is 35.5. The number of sulfonamides is 1. The number of aryl methyl sites for hydroxylation is 2. The van der Waals surface area contributed by atoms with Crippen LogP contribution in [0.3, 0.4) is 0 Å². The zero-order valence-electron chi connectivity index (χ0n) is 21.4. The van der Waals surface area contributed by atoms with Gasteiger partial charge in [-0.1, -0.05) is 77.8 Å². The molecule has 196 valence electrons. The number of hydrogen-bond donors (Lipinski definition) is 1. The Morgan fingerprint density at radius 2 is 1.49 bits per heavy atom. The Bertz CT molecular complexity index is 1780. The average Bonchev–Trinajstić information content (AvgIpc) is 2.92. The molecule has 5 aromatic rings. The molecule has 39 heavy (non-hydrogen) atoms. The van der Waals surface area contributed by atoms with E-state index >= 15 is 0 Å². The third kappa shape index (κ3) is 5.50. The number of nitrogens with one attached hydrogen (secondary N) is 1. The van der Waals surface area contributed by atoms with Gasteiger partial charge < -0.3 is 0 Å². The highest BCUT2D eigenvalue weighted by molar-refractivity contribution is 7.92. The fourth-order valence-corrected chi connectivity index (χ4v) is 6.27. The summed E-state index contributed by atoms with van der Waals surface area (Å²) in [7, 11) is -4.06. The molecule has 0 saturated carbocycles. The molecule has 0 aliphatic heterocycles. The van der Waals surface area contributed by atoms with Crippen LogP contribution < -0.4 is 9.73 Å². The Labute approximate surface area is 232 Å². The Kier molecular flexibility index (Phi) is 7.37. The lowest BCUT2D eigenvalue weighted by Crippen LogP contribution is -2.40. The number of halogens is 1. The van der Waals surface area contributed by atoms with Gasteiger partial charge in [0.15, 0.2) is 0 Å². The van der Waals surface area contributed by atoms with Crippen LogP contribution in [0.4, 0.5) is 5.69 Å². The summed E-state index contributed by atoms with van der Waals surface area (Å²) in [6.07, 6.45) is 1.61. The Morgan fingerprint density at radius 3 is 2.10 bits per heavy atom. The van der Waals surface area contributed by atoms with Gasteiger partial charge >= 0.3 is 0 Å². The SMILES string of the molecule is Cc1ccc(S(=O)(=O)N(CC(=O)N/N=C/c2c3ccccc3cc3ccccc23)c2ccc(Cl)cc2C)cc1. The van der Waals surface area contributed by atoms with E-state index in [9.17, 15) is 13.2 Å². The first kappa shape index (κ1) is 26.4. The lowest BCUT2D eigenvalue weighted by molar-refractivity contribution is -0.119. The summed E-state index contributed by atoms with van der Waals surface area (Å²) >= 11 is 6.12. The lowest BCUT2D eigenvalue weighted by Gasteiger charge is -2.25. The second kappa shape index (κ2) is 10.9. The molecule has 0 saturated heterocycles. The van der Waals surface area contributed by atoms with Gasteiger partial charge in [-0.3, -0.25) is 9.10 Å². The zero-order chi connectivity index (χ0) is 27.6. The minimum Gasteiger partial charge on any atom is -0.271 e. The number of fused-ring (bicyclic) bond motifs is 2. The quantitative estimate of drug-likeness (QED) is 0.139. The molecule has 0 bridgehead atoms. The minimum atomic E-state index is -4.06. The van der Waals surface area contributed by atoms with E-state index in [1.807, 2.05) is 55.5 Å². The molecule has 0 spiro atoms. The van der Waals surface area contributed by atoms with Crippen LogP contribution in [0.5, 0.6) is 0 Å². The number of amides is 1. The van der Waals surface area contributed by atoms with Gasteiger partial charge in [0.2, 0.25) is 0 Å². The van der Waals surface area contributed by atoms with Crippen LogP contribution >= 0.6 is 11.6 Å². The zero-order valence-corrected chi connectivity index (χ0v) is 23.0. The summed E-state index contributed by atoms with van der Waals surface area (Å²) in [5.41, 5.74) is 5.29. The standard InChI is InChI=1S/C31H26ClN3O3S/c1-21-11-14-26(15-12-21)39(37,38)35(30-16-13-25(32)17-22(30)2)20-31(36)34-33-19-29-27-9-5-3-7-23(27)18-24-8-4-6-10-28(24)29/h3-19H,20H2,1-2H3,(H,34,36)/b33-19+. The molecule has 0 aromatic heterocycles. The summed E-state index contributed by atoms with van der Waals surface area (Å²) in [5, 5.41) is 8.79. The van der Waals surface area contributed by atoms with Crippen LogP contribution in [0.2, 0.25) is 5.02 Å². The predicted molar refractivity (Wildman–Crippen MR) is 159 cm³/mol. The van der Waals surface area contributed by atoms with Crippen molar-refractivity contribution in [1.82, 2.24) is 5.43 Å². The molecule has 0 atom stereocenters. The number of hydrogen-bond acceptors (Lipinski definition) is 4. The number of hydrazone groups is 1. The first-order valence-electron chi connectivity index (χ1n) is 12.3. The summed E-state index contributed by atoms with van der Waals surface area (Å²) in [6, 6.07) is 29.4. The minimum absolute atomic E-state index is 0.0842. The molecule has 0 aliphatic rings. The Hall–Kier alpha value is -4.20. The Balaban J connectivity index is 1.46. The molecule has 5 rings (SSSR count). The van der Waals surface area contributed by atoms with E-state index in [1.54, 1.807) is 43.5 Å². The first-order chi connectivity index (χ1) is 18.7. The first-order valence-corrected chi connectivity index (χ1v) is 14.1. The molecule has 0 unspecified atom stereocenters. The predicted octanol–water partition coefficient (Wildman–Crippen LogP) is 6.61.